The summed E-state index contributed by atoms with van der Waals surface area (Å²) >= 11 is 0. The summed E-state index contributed by atoms with van der Waals surface area (Å²) in [7, 11) is 0. The Kier molecular flexibility index (Phi) is 3.30. The van der Waals surface area contributed by atoms with Crippen LogP contribution in [0.3, 0.4) is 0 Å². The molecule has 1 aromatic heterocycles. The molecular weight excluding hydrogens is 278 g/mol. The standard InChI is InChI=1S/C12H12N2O2.C5H3N/c1-4-9-6-5-7-13-10(9)14-8-12(2,3)16-11(14)15;1-4-2-6-3-5(1)4/h1,5-7H,8H2,2-3H3;1-3H. The number of terminal acetylenes is 1. The van der Waals surface area contributed by atoms with Gasteiger partial charge < -0.3 is 4.74 Å². The van der Waals surface area contributed by atoms with Crippen LogP contribution < -0.4 is 4.90 Å². The average molecular weight is 293 g/mol. The van der Waals surface area contributed by atoms with Crippen LogP contribution in [0.2, 0.25) is 0 Å². The fourth-order valence-electron chi connectivity index (χ4n) is 2.21. The lowest BCUT2D eigenvalue weighted by molar-refractivity contribution is 0.0871. The number of hydrogen-bond donors (Lipinski definition) is 0. The van der Waals surface area contributed by atoms with Crippen LogP contribution in [0.25, 0.3) is 11.1 Å². The number of hydrogen-bond acceptors (Lipinski definition) is 4. The molecule has 4 rings (SSSR count). The van der Waals surface area contributed by atoms with Crippen molar-refractivity contribution < 1.29 is 9.53 Å². The highest BCUT2D eigenvalue weighted by Crippen LogP contribution is 2.31. The Labute approximate surface area is 129 Å². The molecule has 22 heavy (non-hydrogen) atoms. The van der Waals surface area contributed by atoms with Crippen molar-refractivity contribution in [3.63, 3.8) is 0 Å². The second-order valence-corrected chi connectivity index (χ2v) is 5.70. The van der Waals surface area contributed by atoms with E-state index in [4.69, 9.17) is 11.2 Å². The van der Waals surface area contributed by atoms with Gasteiger partial charge in [-0.1, -0.05) is 5.92 Å². The molecule has 2 aliphatic heterocycles. The van der Waals surface area contributed by atoms with Crippen molar-refractivity contribution in [1.29, 1.82) is 0 Å². The van der Waals surface area contributed by atoms with Crippen molar-refractivity contribution in [3.05, 3.63) is 42.4 Å². The van der Waals surface area contributed by atoms with Crippen LogP contribution in [0.1, 0.15) is 19.4 Å². The SMILES string of the molecule is C#Cc1cccnc1N1CC(C)(C)OC1=O.c1ncc2cc1-2. The highest BCUT2D eigenvalue weighted by atomic mass is 16.6. The van der Waals surface area contributed by atoms with Gasteiger partial charge in [0.05, 0.1) is 12.1 Å². The van der Waals surface area contributed by atoms with Gasteiger partial charge in [0.15, 0.2) is 5.82 Å². The first-order chi connectivity index (χ1) is 10.5. The smallest absolute Gasteiger partial charge is 0.416 e. The van der Waals surface area contributed by atoms with E-state index in [1.54, 1.807) is 18.3 Å². The van der Waals surface area contributed by atoms with Gasteiger partial charge in [-0.2, -0.15) is 0 Å². The van der Waals surface area contributed by atoms with Gasteiger partial charge in [-0.05, 0) is 32.0 Å². The molecule has 3 aliphatic rings. The molecule has 1 aliphatic carbocycles. The van der Waals surface area contributed by atoms with Gasteiger partial charge in [-0.25, -0.2) is 9.78 Å². The van der Waals surface area contributed by atoms with E-state index in [1.165, 1.54) is 16.0 Å². The molecule has 0 atom stereocenters. The molecule has 0 saturated carbocycles. The fraction of sp³-hybridized carbons (Fsp3) is 0.235. The predicted molar refractivity (Wildman–Crippen MR) is 83.3 cm³/mol. The van der Waals surface area contributed by atoms with Gasteiger partial charge >= 0.3 is 6.09 Å². The number of nitrogens with zero attached hydrogens (tertiary/aromatic N) is 3. The number of fused-ring (bicyclic) bond motifs is 1. The summed E-state index contributed by atoms with van der Waals surface area (Å²) in [5.41, 5.74) is 2.72. The van der Waals surface area contributed by atoms with E-state index >= 15 is 0 Å². The number of amides is 1. The Hall–Kier alpha value is -2.87. The van der Waals surface area contributed by atoms with Gasteiger partial charge in [-0.15, -0.1) is 6.42 Å². The number of carbonyl (C=O) groups excluding carboxylic acids is 1. The average Bonchev–Trinajstić information content (AvgIpc) is 2.98. The van der Waals surface area contributed by atoms with Crippen molar-refractivity contribution in [2.75, 3.05) is 11.4 Å². The molecule has 5 heteroatoms. The molecule has 110 valence electrons. The predicted octanol–water partition coefficient (Wildman–Crippen LogP) is 2.86. The third kappa shape index (κ3) is 2.77. The zero-order chi connectivity index (χ0) is 15.7. The van der Waals surface area contributed by atoms with Crippen molar-refractivity contribution in [3.8, 4) is 23.5 Å². The maximum atomic E-state index is 11.7. The minimum absolute atomic E-state index is 0.403. The van der Waals surface area contributed by atoms with Crippen LogP contribution in [0.15, 0.2) is 36.8 Å². The van der Waals surface area contributed by atoms with Crippen LogP contribution in [0.5, 0.6) is 0 Å². The summed E-state index contributed by atoms with van der Waals surface area (Å²) in [5.74, 6) is 3.00. The topological polar surface area (TPSA) is 55.3 Å². The lowest BCUT2D eigenvalue weighted by atomic mass is 10.1. The minimum atomic E-state index is -0.500. The molecule has 0 N–H and O–H groups in total. The zero-order valence-corrected chi connectivity index (χ0v) is 12.4. The molecule has 1 fully saturated rings. The number of rotatable bonds is 1. The number of carbonyl (C=O) groups is 1. The van der Waals surface area contributed by atoms with E-state index in [1.807, 2.05) is 26.2 Å². The molecule has 0 unspecified atom stereocenters. The summed E-state index contributed by atoms with van der Waals surface area (Å²) in [4.78, 5) is 21.1. The van der Waals surface area contributed by atoms with Crippen LogP contribution >= 0.6 is 0 Å². The molecule has 0 aromatic carbocycles. The van der Waals surface area contributed by atoms with Gasteiger partial charge in [-0.3, -0.25) is 9.88 Å². The molecule has 0 radical (unpaired) electrons. The fourth-order valence-corrected chi connectivity index (χ4v) is 2.21. The number of aromatic nitrogens is 2. The third-order valence-electron chi connectivity index (χ3n) is 3.31. The van der Waals surface area contributed by atoms with E-state index in [2.05, 4.69) is 22.0 Å². The summed E-state index contributed by atoms with van der Waals surface area (Å²) in [6.45, 7) is 4.16. The third-order valence-corrected chi connectivity index (χ3v) is 3.31. The van der Waals surface area contributed by atoms with Gasteiger partial charge in [0.25, 0.3) is 0 Å². The first-order valence-electron chi connectivity index (χ1n) is 6.88. The van der Waals surface area contributed by atoms with Crippen molar-refractivity contribution >= 4 is 11.9 Å². The summed E-state index contributed by atoms with van der Waals surface area (Å²) in [5, 5.41) is 0. The van der Waals surface area contributed by atoms with E-state index in [-0.39, 0.29) is 0 Å². The van der Waals surface area contributed by atoms with Crippen molar-refractivity contribution in [2.45, 2.75) is 19.4 Å². The first-order valence-corrected chi connectivity index (χ1v) is 6.88. The second kappa shape index (κ2) is 5.15. The number of cyclic esters (lactones) is 1. The van der Waals surface area contributed by atoms with E-state index < -0.39 is 11.7 Å². The van der Waals surface area contributed by atoms with Gasteiger partial charge in [0.1, 0.15) is 5.60 Å². The summed E-state index contributed by atoms with van der Waals surface area (Å²) in [6.07, 6.45) is 10.3. The molecule has 1 amide bonds. The lowest BCUT2D eigenvalue weighted by Crippen LogP contribution is -2.29. The van der Waals surface area contributed by atoms with Crippen LogP contribution in [-0.4, -0.2) is 28.2 Å². The van der Waals surface area contributed by atoms with E-state index in [9.17, 15) is 4.79 Å². The largest absolute Gasteiger partial charge is 0.441 e. The van der Waals surface area contributed by atoms with Gasteiger partial charge in [0.2, 0.25) is 0 Å². The second-order valence-electron chi connectivity index (χ2n) is 5.70. The highest BCUT2D eigenvalue weighted by molar-refractivity contribution is 5.90. The molecule has 0 bridgehead atoms. The maximum Gasteiger partial charge on any atom is 0.416 e. The Morgan fingerprint density at radius 1 is 1.36 bits per heavy atom. The lowest BCUT2D eigenvalue weighted by Gasteiger charge is -2.15. The Bertz CT molecular complexity index is 760. The monoisotopic (exact) mass is 293 g/mol. The van der Waals surface area contributed by atoms with Crippen molar-refractivity contribution in [2.24, 2.45) is 0 Å². The molecule has 1 aromatic rings. The molecule has 0 spiro atoms. The molecule has 3 heterocycles. The quantitative estimate of drug-likeness (QED) is 0.647. The van der Waals surface area contributed by atoms with E-state index in [0.717, 1.165) is 0 Å². The zero-order valence-electron chi connectivity index (χ0n) is 12.4. The first kappa shape index (κ1) is 14.1. The van der Waals surface area contributed by atoms with Gasteiger partial charge in [0, 0.05) is 29.7 Å². The molecule has 1 saturated heterocycles. The summed E-state index contributed by atoms with van der Waals surface area (Å²) < 4.78 is 5.19. The summed E-state index contributed by atoms with van der Waals surface area (Å²) in [6, 6.07) is 5.60. The minimum Gasteiger partial charge on any atom is -0.441 e. The van der Waals surface area contributed by atoms with Crippen LogP contribution in [0.4, 0.5) is 10.6 Å². The van der Waals surface area contributed by atoms with Crippen LogP contribution in [-0.2, 0) is 4.74 Å². The Morgan fingerprint density at radius 3 is 2.55 bits per heavy atom. The maximum absolute atomic E-state index is 11.7. The van der Waals surface area contributed by atoms with E-state index in [0.29, 0.717) is 17.9 Å². The molecular formula is C17H15N3O2. The normalized spacial score (nSPS) is 16.2. The number of ether oxygens (including phenoxy) is 1. The highest BCUT2D eigenvalue weighted by Gasteiger charge is 2.39. The number of pyridine rings is 2. The Morgan fingerprint density at radius 2 is 2.09 bits per heavy atom. The van der Waals surface area contributed by atoms with Crippen molar-refractivity contribution in [1.82, 2.24) is 9.97 Å². The number of anilines is 1. The molecule has 5 nitrogen and oxygen atoms in total. The van der Waals surface area contributed by atoms with Crippen LogP contribution in [0, 0.1) is 12.3 Å². The Balaban J connectivity index is 0.000000196.